The quantitative estimate of drug-likeness (QED) is 0.597. The second-order valence-corrected chi connectivity index (χ2v) is 10.6. The van der Waals surface area contributed by atoms with E-state index in [0.29, 0.717) is 11.4 Å². The van der Waals surface area contributed by atoms with Crippen LogP contribution in [-0.4, -0.2) is 42.6 Å². The smallest absolute Gasteiger partial charge is 0.257 e. The minimum atomic E-state index is -3.91. The van der Waals surface area contributed by atoms with E-state index < -0.39 is 33.4 Å². The maximum Gasteiger partial charge on any atom is 0.257 e. The summed E-state index contributed by atoms with van der Waals surface area (Å²) < 4.78 is 23.0. The van der Waals surface area contributed by atoms with Crippen molar-refractivity contribution in [3.63, 3.8) is 0 Å². The summed E-state index contributed by atoms with van der Waals surface area (Å²) in [5.41, 5.74) is 0.283. The van der Waals surface area contributed by atoms with E-state index in [-0.39, 0.29) is 29.3 Å². The van der Waals surface area contributed by atoms with E-state index in [9.17, 15) is 22.8 Å². The molecular formula is C23H26ClN3O5S. The lowest BCUT2D eigenvalue weighted by atomic mass is 9.94. The van der Waals surface area contributed by atoms with Gasteiger partial charge in [-0.1, -0.05) is 30.7 Å². The third kappa shape index (κ3) is 5.26. The fourth-order valence-electron chi connectivity index (χ4n) is 3.84. The molecule has 0 aromatic heterocycles. The van der Waals surface area contributed by atoms with Gasteiger partial charge in [0.15, 0.2) is 0 Å². The van der Waals surface area contributed by atoms with Gasteiger partial charge in [-0.2, -0.15) is 0 Å². The van der Waals surface area contributed by atoms with Gasteiger partial charge in [0.1, 0.15) is 6.04 Å². The Morgan fingerprint density at radius 3 is 2.21 bits per heavy atom. The molecule has 1 heterocycles. The van der Waals surface area contributed by atoms with E-state index >= 15 is 0 Å². The molecule has 0 spiro atoms. The minimum Gasteiger partial charge on any atom is -0.325 e. The predicted molar refractivity (Wildman–Crippen MR) is 125 cm³/mol. The number of rotatable bonds is 7. The van der Waals surface area contributed by atoms with Gasteiger partial charge in [-0.05, 0) is 62.2 Å². The molecule has 1 atom stereocenters. The molecule has 1 fully saturated rings. The number of primary sulfonamides is 1. The number of imide groups is 1. The molecule has 176 valence electrons. The maximum absolute atomic E-state index is 13.4. The maximum atomic E-state index is 13.4. The van der Waals surface area contributed by atoms with Crippen LogP contribution in [0.2, 0.25) is 5.02 Å². The molecule has 1 unspecified atom stereocenters. The Morgan fingerprint density at radius 1 is 1.12 bits per heavy atom. The normalized spacial score (nSPS) is 16.9. The Kier molecular flexibility index (Phi) is 6.97. The van der Waals surface area contributed by atoms with Crippen LogP contribution in [-0.2, 0) is 30.8 Å². The monoisotopic (exact) mass is 491 g/mol. The van der Waals surface area contributed by atoms with Crippen LogP contribution in [0.4, 0.5) is 5.69 Å². The number of hydrogen-bond donors (Lipinski definition) is 1. The molecule has 3 amide bonds. The molecule has 2 aromatic carbocycles. The molecule has 1 aliphatic rings. The first-order valence-corrected chi connectivity index (χ1v) is 12.3. The molecule has 1 aliphatic heterocycles. The molecule has 3 rings (SSSR count). The Hall–Kier alpha value is -2.75. The van der Waals surface area contributed by atoms with Crippen LogP contribution in [0.1, 0.15) is 39.2 Å². The largest absolute Gasteiger partial charge is 0.325 e. The molecule has 0 saturated carbocycles. The van der Waals surface area contributed by atoms with Crippen molar-refractivity contribution in [1.82, 2.24) is 4.90 Å². The first kappa shape index (κ1) is 24.9. The summed E-state index contributed by atoms with van der Waals surface area (Å²) >= 11 is 5.93. The van der Waals surface area contributed by atoms with Gasteiger partial charge in [0.05, 0.1) is 23.4 Å². The fourth-order valence-corrected chi connectivity index (χ4v) is 4.48. The lowest BCUT2D eigenvalue weighted by Gasteiger charge is -2.41. The number of benzene rings is 2. The number of carbonyl (C=O) groups is 3. The highest BCUT2D eigenvalue weighted by Crippen LogP contribution is 2.32. The zero-order valence-corrected chi connectivity index (χ0v) is 20.2. The van der Waals surface area contributed by atoms with Crippen LogP contribution in [0.25, 0.3) is 0 Å². The Morgan fingerprint density at radius 2 is 1.70 bits per heavy atom. The van der Waals surface area contributed by atoms with Gasteiger partial charge in [0, 0.05) is 10.6 Å². The van der Waals surface area contributed by atoms with Crippen LogP contribution < -0.4 is 10.0 Å². The van der Waals surface area contributed by atoms with Gasteiger partial charge in [0.25, 0.3) is 5.91 Å². The number of hydrogen-bond acceptors (Lipinski definition) is 5. The highest BCUT2D eigenvalue weighted by Gasteiger charge is 2.48. The Balaban J connectivity index is 1.91. The van der Waals surface area contributed by atoms with Crippen LogP contribution in [0, 0.1) is 0 Å². The fraction of sp³-hybridized carbons (Fsp3) is 0.348. The number of nitrogens with two attached hydrogens (primary N) is 1. The number of halogens is 1. The van der Waals surface area contributed by atoms with Gasteiger partial charge in [-0.3, -0.25) is 14.4 Å². The van der Waals surface area contributed by atoms with E-state index in [1.54, 1.807) is 24.3 Å². The summed E-state index contributed by atoms with van der Waals surface area (Å²) in [6.07, 6.45) is 0.466. The first-order chi connectivity index (χ1) is 15.3. The average Bonchev–Trinajstić information content (AvgIpc) is 3.02. The van der Waals surface area contributed by atoms with Gasteiger partial charge in [-0.25, -0.2) is 18.5 Å². The summed E-state index contributed by atoms with van der Waals surface area (Å²) in [7, 11) is -3.91. The van der Waals surface area contributed by atoms with Crippen molar-refractivity contribution in [2.45, 2.75) is 56.5 Å². The number of sulfonamides is 1. The van der Waals surface area contributed by atoms with Gasteiger partial charge < -0.3 is 4.90 Å². The molecule has 0 radical (unpaired) electrons. The number of anilines is 1. The summed E-state index contributed by atoms with van der Waals surface area (Å²) in [6.45, 7) is 5.62. The molecule has 33 heavy (non-hydrogen) atoms. The standard InChI is InChI=1S/C23H26ClN3O5S/c1-4-23(2,3)27(21(29)13-15-5-7-16(24)8-6-15)19-14-20(28)26(22(19)30)17-9-11-18(12-10-17)33(25,31)32/h5-12,19H,4,13-14H2,1-3H3,(H2,25,31,32). The SMILES string of the molecule is CCC(C)(C)N(C(=O)Cc1ccc(Cl)cc1)C1CC(=O)N(c2ccc(S(N)(=O)=O)cc2)C1=O. The second kappa shape index (κ2) is 9.24. The van der Waals surface area contributed by atoms with Crippen molar-refractivity contribution in [3.05, 3.63) is 59.1 Å². The minimum absolute atomic E-state index is 0.0572. The zero-order valence-electron chi connectivity index (χ0n) is 18.6. The molecule has 0 aliphatic carbocycles. The average molecular weight is 492 g/mol. The highest BCUT2D eigenvalue weighted by molar-refractivity contribution is 7.89. The van der Waals surface area contributed by atoms with E-state index in [4.69, 9.17) is 16.7 Å². The molecule has 8 nitrogen and oxygen atoms in total. The van der Waals surface area contributed by atoms with Crippen LogP contribution in [0.15, 0.2) is 53.4 Å². The molecule has 0 bridgehead atoms. The van der Waals surface area contributed by atoms with Crippen LogP contribution in [0.3, 0.4) is 0 Å². The highest BCUT2D eigenvalue weighted by atomic mass is 35.5. The van der Waals surface area contributed by atoms with E-state index in [2.05, 4.69) is 0 Å². The second-order valence-electron chi connectivity index (χ2n) is 8.56. The van der Waals surface area contributed by atoms with E-state index in [0.717, 1.165) is 10.5 Å². The predicted octanol–water partition coefficient (Wildman–Crippen LogP) is 2.88. The molecule has 2 N–H and O–H groups in total. The molecular weight excluding hydrogens is 466 g/mol. The lowest BCUT2D eigenvalue weighted by molar-refractivity contribution is -0.144. The van der Waals surface area contributed by atoms with Crippen molar-refractivity contribution in [2.24, 2.45) is 5.14 Å². The van der Waals surface area contributed by atoms with Crippen molar-refractivity contribution < 1.29 is 22.8 Å². The van der Waals surface area contributed by atoms with Crippen LogP contribution in [0.5, 0.6) is 0 Å². The van der Waals surface area contributed by atoms with Gasteiger partial charge in [-0.15, -0.1) is 0 Å². The van der Waals surface area contributed by atoms with E-state index in [1.165, 1.54) is 29.2 Å². The third-order valence-electron chi connectivity index (χ3n) is 5.91. The van der Waals surface area contributed by atoms with Crippen molar-refractivity contribution in [1.29, 1.82) is 0 Å². The summed E-state index contributed by atoms with van der Waals surface area (Å²) in [6, 6.07) is 11.1. The summed E-state index contributed by atoms with van der Waals surface area (Å²) in [5, 5.41) is 5.67. The lowest BCUT2D eigenvalue weighted by Crippen LogP contribution is -2.56. The topological polar surface area (TPSA) is 118 Å². The molecule has 10 heteroatoms. The first-order valence-electron chi connectivity index (χ1n) is 10.4. The Bertz CT molecular complexity index is 1180. The van der Waals surface area contributed by atoms with Crippen molar-refractivity contribution >= 4 is 45.0 Å². The summed E-state index contributed by atoms with van der Waals surface area (Å²) in [5.74, 6) is -1.28. The number of amides is 3. The summed E-state index contributed by atoms with van der Waals surface area (Å²) in [4.78, 5) is 41.9. The number of carbonyl (C=O) groups excluding carboxylic acids is 3. The van der Waals surface area contributed by atoms with Gasteiger partial charge in [0.2, 0.25) is 21.8 Å². The van der Waals surface area contributed by atoms with Crippen LogP contribution >= 0.6 is 11.6 Å². The number of nitrogens with zero attached hydrogens (tertiary/aromatic N) is 2. The van der Waals surface area contributed by atoms with Gasteiger partial charge >= 0.3 is 0 Å². The third-order valence-corrected chi connectivity index (χ3v) is 7.09. The molecule has 1 saturated heterocycles. The zero-order chi connectivity index (χ0) is 24.6. The molecule has 2 aromatic rings. The Labute approximate surface area is 198 Å². The van der Waals surface area contributed by atoms with Crippen molar-refractivity contribution in [2.75, 3.05) is 4.90 Å². The van der Waals surface area contributed by atoms with E-state index in [1.807, 2.05) is 20.8 Å². The van der Waals surface area contributed by atoms with Crippen molar-refractivity contribution in [3.8, 4) is 0 Å².